The number of carbonyl (C=O) groups is 2. The van der Waals surface area contributed by atoms with Gasteiger partial charge in [0.05, 0.1) is 13.8 Å². The zero-order chi connectivity index (χ0) is 15.1. The van der Waals surface area contributed by atoms with Crippen molar-refractivity contribution in [3.63, 3.8) is 0 Å². The standard InChI is InChI=1S/C6H10O7.3Na.H3O4P/c7-1-2(8)3(9)4(10)5(11)6(12)13;;;;1-5(2,3)4/h1-5,8-11H,(H,12,13);;;;(H3,1,2,3,4)/q;3*+1;/p-3/t2-,3+,4-,5-;;;;/m0..../s1. The first-order chi connectivity index (χ1) is 7.91. The molecule has 0 radical (unpaired) electrons. The Bertz CT molecular complexity index is 315. The molecule has 0 aromatic heterocycles. The van der Waals surface area contributed by atoms with Crippen molar-refractivity contribution in [2.45, 2.75) is 24.4 Å². The van der Waals surface area contributed by atoms with Crippen molar-refractivity contribution in [3.05, 3.63) is 0 Å². The third-order valence-corrected chi connectivity index (χ3v) is 1.40. The Balaban J connectivity index is -0.0000000933. The van der Waals surface area contributed by atoms with Crippen LogP contribution in [0.15, 0.2) is 0 Å². The molecular formula is C6H10Na3O11P. The van der Waals surface area contributed by atoms with E-state index < -0.39 is 38.2 Å². The summed E-state index contributed by atoms with van der Waals surface area (Å²) in [6.07, 6.45) is -8.65. The number of rotatable bonds is 5. The van der Waals surface area contributed by atoms with Crippen molar-refractivity contribution in [1.29, 1.82) is 0 Å². The molecule has 0 aromatic carbocycles. The van der Waals surface area contributed by atoms with Crippen LogP contribution in [0.5, 0.6) is 0 Å². The average molecular weight is 358 g/mol. The van der Waals surface area contributed by atoms with E-state index in [1.807, 2.05) is 0 Å². The van der Waals surface area contributed by atoms with Crippen LogP contribution in [0.3, 0.4) is 0 Å². The van der Waals surface area contributed by atoms with Gasteiger partial charge in [0.2, 0.25) is 0 Å². The molecule has 0 bridgehead atoms. The van der Waals surface area contributed by atoms with Crippen molar-refractivity contribution in [1.82, 2.24) is 0 Å². The van der Waals surface area contributed by atoms with E-state index in [2.05, 4.69) is 0 Å². The normalized spacial score (nSPS) is 15.2. The van der Waals surface area contributed by atoms with Gasteiger partial charge < -0.3 is 54.4 Å². The van der Waals surface area contributed by atoms with Crippen LogP contribution in [0.25, 0.3) is 0 Å². The third-order valence-electron chi connectivity index (χ3n) is 1.40. The molecule has 21 heavy (non-hydrogen) atoms. The van der Waals surface area contributed by atoms with E-state index in [4.69, 9.17) is 39.7 Å². The van der Waals surface area contributed by atoms with E-state index in [0.29, 0.717) is 0 Å². The number of aliphatic hydroxyl groups is 4. The van der Waals surface area contributed by atoms with Crippen molar-refractivity contribution in [3.8, 4) is 0 Å². The Hall–Kier alpha value is 2.09. The fraction of sp³-hybridized carbons (Fsp3) is 0.667. The Morgan fingerprint density at radius 1 is 1.00 bits per heavy atom. The van der Waals surface area contributed by atoms with E-state index in [9.17, 15) is 14.7 Å². The molecule has 0 amide bonds. The molecule has 11 nitrogen and oxygen atoms in total. The summed E-state index contributed by atoms with van der Waals surface area (Å²) in [6, 6.07) is 0. The molecule has 0 aromatic rings. The van der Waals surface area contributed by atoms with Gasteiger partial charge in [0.25, 0.3) is 0 Å². The molecule has 0 aliphatic rings. The second-order valence-electron chi connectivity index (χ2n) is 2.84. The summed E-state index contributed by atoms with van der Waals surface area (Å²) < 4.78 is 8.66. The first-order valence-corrected chi connectivity index (χ1v) is 5.54. The van der Waals surface area contributed by atoms with Gasteiger partial charge in [0.1, 0.15) is 24.4 Å². The minimum Gasteiger partial charge on any atom is -0.790 e. The van der Waals surface area contributed by atoms with E-state index >= 15 is 0 Å². The monoisotopic (exact) mass is 358 g/mol. The van der Waals surface area contributed by atoms with Crippen molar-refractivity contribution < 1.29 is 143 Å². The first-order valence-electron chi connectivity index (χ1n) is 4.05. The van der Waals surface area contributed by atoms with Crippen LogP contribution in [-0.4, -0.2) is 62.0 Å². The molecule has 0 unspecified atom stereocenters. The second kappa shape index (κ2) is 16.9. The van der Waals surface area contributed by atoms with Crippen LogP contribution < -0.4 is 104 Å². The predicted molar refractivity (Wildman–Crippen MR) is 44.9 cm³/mol. The molecule has 0 fully saturated rings. The fourth-order valence-electron chi connectivity index (χ4n) is 0.609. The van der Waals surface area contributed by atoms with E-state index in [0.717, 1.165) is 0 Å². The van der Waals surface area contributed by atoms with E-state index in [-0.39, 0.29) is 95.0 Å². The zero-order valence-corrected chi connectivity index (χ0v) is 18.4. The zero-order valence-electron chi connectivity index (χ0n) is 11.5. The molecule has 5 N–H and O–H groups in total. The molecule has 0 saturated carbocycles. The quantitative estimate of drug-likeness (QED) is 0.176. The SMILES string of the molecule is O=C[C@H](O)[C@@H](O)[C@H](O)[C@H](O)C(=O)[O-].O=P([O-])([O-])O.[Na+].[Na+].[Na+]. The Labute approximate surface area is 185 Å². The van der Waals surface area contributed by atoms with Crippen LogP contribution in [0.2, 0.25) is 0 Å². The maximum Gasteiger partial charge on any atom is 1.00 e. The third kappa shape index (κ3) is 22.1. The molecule has 0 aliphatic carbocycles. The molecule has 0 saturated heterocycles. The van der Waals surface area contributed by atoms with E-state index in [1.54, 1.807) is 0 Å². The van der Waals surface area contributed by atoms with Gasteiger partial charge in [-0.3, -0.25) is 0 Å². The predicted octanol–water partition coefficient (Wildman–Crippen LogP) is -15.8. The number of hydrogen-bond acceptors (Lipinski definition) is 10. The van der Waals surface area contributed by atoms with E-state index in [1.165, 1.54) is 0 Å². The van der Waals surface area contributed by atoms with Gasteiger partial charge in [-0.05, 0) is 0 Å². The number of carboxylic acids is 1. The van der Waals surface area contributed by atoms with Crippen LogP contribution in [0.1, 0.15) is 0 Å². The van der Waals surface area contributed by atoms with Crippen molar-refractivity contribution >= 4 is 20.1 Å². The summed E-state index contributed by atoms with van der Waals surface area (Å²) in [5, 5.41) is 44.8. The minimum atomic E-state index is -5.14. The van der Waals surface area contributed by atoms with Crippen LogP contribution in [0, 0.1) is 0 Å². The van der Waals surface area contributed by atoms with Gasteiger partial charge in [0.15, 0.2) is 6.29 Å². The largest absolute Gasteiger partial charge is 1.00 e. The second-order valence-corrected chi connectivity index (χ2v) is 3.78. The number of carboxylic acid groups (broad SMARTS) is 1. The molecule has 108 valence electrons. The Morgan fingerprint density at radius 3 is 1.48 bits per heavy atom. The summed E-state index contributed by atoms with van der Waals surface area (Å²) in [6.45, 7) is 0. The molecule has 0 rings (SSSR count). The maximum atomic E-state index is 9.95. The van der Waals surface area contributed by atoms with Gasteiger partial charge >= 0.3 is 88.7 Å². The summed E-state index contributed by atoms with van der Waals surface area (Å²) >= 11 is 0. The van der Waals surface area contributed by atoms with Gasteiger partial charge in [-0.2, -0.15) is 0 Å². The Morgan fingerprint density at radius 2 is 1.29 bits per heavy atom. The van der Waals surface area contributed by atoms with Crippen LogP contribution in [0.4, 0.5) is 0 Å². The topological polar surface area (TPSA) is 222 Å². The van der Waals surface area contributed by atoms with Gasteiger partial charge in [-0.15, -0.1) is 0 Å². The van der Waals surface area contributed by atoms with Gasteiger partial charge in [-0.1, -0.05) is 0 Å². The first kappa shape index (κ1) is 34.4. The van der Waals surface area contributed by atoms with Gasteiger partial charge in [-0.25, -0.2) is 0 Å². The van der Waals surface area contributed by atoms with Crippen LogP contribution in [-0.2, 0) is 14.2 Å². The smallest absolute Gasteiger partial charge is 0.790 e. The molecule has 4 atom stereocenters. The number of phosphoric acid groups is 1. The minimum absolute atomic E-state index is 0. The number of carbonyl (C=O) groups excluding carboxylic acids is 2. The number of aldehydes is 1. The van der Waals surface area contributed by atoms with Crippen molar-refractivity contribution in [2.75, 3.05) is 0 Å². The molecule has 0 spiro atoms. The number of aliphatic carboxylic acids is 1. The molecule has 0 heterocycles. The summed E-state index contributed by atoms with van der Waals surface area (Å²) in [5.74, 6) is -2.01. The fourth-order valence-corrected chi connectivity index (χ4v) is 0.609. The summed E-state index contributed by atoms with van der Waals surface area (Å²) in [4.78, 5) is 44.1. The van der Waals surface area contributed by atoms with Crippen LogP contribution >= 0.6 is 7.82 Å². The number of hydrogen-bond donors (Lipinski definition) is 5. The molecular weight excluding hydrogens is 348 g/mol. The summed E-state index contributed by atoms with van der Waals surface area (Å²) in [5.41, 5.74) is 0. The summed E-state index contributed by atoms with van der Waals surface area (Å²) in [7, 11) is -5.14. The molecule has 15 heteroatoms. The average Bonchev–Trinajstić information content (AvgIpc) is 2.22. The van der Waals surface area contributed by atoms with Crippen molar-refractivity contribution in [2.24, 2.45) is 0 Å². The van der Waals surface area contributed by atoms with Gasteiger partial charge in [0, 0.05) is 0 Å². The maximum absolute atomic E-state index is 9.95. The Kier molecular flexibility index (Phi) is 27.8. The molecule has 0 aliphatic heterocycles. The number of aliphatic hydroxyl groups excluding tert-OH is 4.